The zero-order valence-corrected chi connectivity index (χ0v) is 18.7. The van der Waals surface area contributed by atoms with E-state index in [4.69, 9.17) is 0 Å². The minimum absolute atomic E-state index is 0. The van der Waals surface area contributed by atoms with Gasteiger partial charge in [-0.05, 0) is 31.0 Å². The Morgan fingerprint density at radius 3 is 2.30 bits per heavy atom. The lowest BCUT2D eigenvalue weighted by Crippen LogP contribution is -2.43. The molecule has 0 aliphatic rings. The molecule has 9 heteroatoms. The van der Waals surface area contributed by atoms with Crippen LogP contribution in [-0.4, -0.2) is 62.0 Å². The lowest BCUT2D eigenvalue weighted by atomic mass is 10.2. The molecular formula is C18H29F2IN4O2. The third kappa shape index (κ3) is 9.73. The van der Waals surface area contributed by atoms with Gasteiger partial charge in [-0.3, -0.25) is 4.79 Å². The van der Waals surface area contributed by atoms with Crippen LogP contribution in [0.5, 0.6) is 5.75 Å². The van der Waals surface area contributed by atoms with Crippen LogP contribution >= 0.6 is 24.0 Å². The predicted molar refractivity (Wildman–Crippen MR) is 114 cm³/mol. The van der Waals surface area contributed by atoms with E-state index in [2.05, 4.69) is 22.0 Å². The average molecular weight is 498 g/mol. The molecule has 0 aliphatic carbocycles. The molecule has 1 aromatic carbocycles. The van der Waals surface area contributed by atoms with Crippen molar-refractivity contribution in [2.45, 2.75) is 39.5 Å². The maximum Gasteiger partial charge on any atom is 0.387 e. The first kappa shape index (κ1) is 25.4. The lowest BCUT2D eigenvalue weighted by Gasteiger charge is -2.25. The molecule has 1 atom stereocenters. The number of ether oxygens (including phenoxy) is 1. The van der Waals surface area contributed by atoms with E-state index < -0.39 is 6.61 Å². The quantitative estimate of drug-likeness (QED) is 0.340. The minimum Gasteiger partial charge on any atom is -0.435 e. The number of benzene rings is 1. The number of hydrogen-bond donors (Lipinski definition) is 1. The summed E-state index contributed by atoms with van der Waals surface area (Å²) in [6.45, 7) is 1.82. The van der Waals surface area contributed by atoms with Gasteiger partial charge >= 0.3 is 6.61 Å². The molecule has 1 aromatic rings. The maximum atomic E-state index is 12.2. The second kappa shape index (κ2) is 12.7. The highest BCUT2D eigenvalue weighted by atomic mass is 127. The number of nitrogens with zero attached hydrogens (tertiary/aromatic N) is 3. The first-order valence-electron chi connectivity index (χ1n) is 8.49. The standard InChI is InChI=1S/C18H28F2N4O2.HI/c1-6-13(2)22-18(21-11-16(25)23(3)4)24(5)12-14-7-9-15(10-8-14)26-17(19)20;/h7-10,13,17H,6,11-12H2,1-5H3,(H,21,22);1H. The number of guanidine groups is 1. The summed E-state index contributed by atoms with van der Waals surface area (Å²) < 4.78 is 28.8. The summed E-state index contributed by atoms with van der Waals surface area (Å²) in [5.41, 5.74) is 0.909. The number of alkyl halides is 2. The molecular weight excluding hydrogens is 469 g/mol. The van der Waals surface area contributed by atoms with Crippen LogP contribution in [0, 0.1) is 0 Å². The molecule has 0 radical (unpaired) electrons. The summed E-state index contributed by atoms with van der Waals surface area (Å²) in [6, 6.07) is 6.65. The van der Waals surface area contributed by atoms with Crippen LogP contribution in [0.15, 0.2) is 29.3 Å². The summed E-state index contributed by atoms with van der Waals surface area (Å²) >= 11 is 0. The van der Waals surface area contributed by atoms with Gasteiger partial charge in [-0.25, -0.2) is 4.99 Å². The van der Waals surface area contributed by atoms with Gasteiger partial charge in [0.1, 0.15) is 12.3 Å². The molecule has 154 valence electrons. The van der Waals surface area contributed by atoms with Crippen molar-refractivity contribution in [1.29, 1.82) is 0 Å². The third-order valence-electron chi connectivity index (χ3n) is 3.78. The Hall–Kier alpha value is -1.65. The fourth-order valence-electron chi connectivity index (χ4n) is 2.01. The highest BCUT2D eigenvalue weighted by molar-refractivity contribution is 14.0. The van der Waals surface area contributed by atoms with Crippen molar-refractivity contribution >= 4 is 35.8 Å². The Morgan fingerprint density at radius 2 is 1.81 bits per heavy atom. The van der Waals surface area contributed by atoms with Crippen LogP contribution in [0.3, 0.4) is 0 Å². The van der Waals surface area contributed by atoms with E-state index in [1.54, 1.807) is 26.2 Å². The second-order valence-corrected chi connectivity index (χ2v) is 6.26. The number of likely N-dealkylation sites (N-methyl/N-ethyl adjacent to an activating group) is 1. The SMILES string of the molecule is CCC(C)NC(=NCC(=O)N(C)C)N(C)Cc1ccc(OC(F)F)cc1.I. The number of carbonyl (C=O) groups is 1. The van der Waals surface area contributed by atoms with E-state index >= 15 is 0 Å². The highest BCUT2D eigenvalue weighted by Crippen LogP contribution is 2.15. The minimum atomic E-state index is -2.84. The normalized spacial score (nSPS) is 12.2. The molecule has 0 saturated carbocycles. The van der Waals surface area contributed by atoms with E-state index in [1.807, 2.05) is 18.9 Å². The van der Waals surface area contributed by atoms with E-state index in [9.17, 15) is 13.6 Å². The smallest absolute Gasteiger partial charge is 0.387 e. The Labute approximate surface area is 177 Å². The molecule has 1 N–H and O–H groups in total. The van der Waals surface area contributed by atoms with Crippen molar-refractivity contribution in [1.82, 2.24) is 15.1 Å². The summed E-state index contributed by atoms with van der Waals surface area (Å²) in [6.07, 6.45) is 0.911. The highest BCUT2D eigenvalue weighted by Gasteiger charge is 2.12. The first-order valence-corrected chi connectivity index (χ1v) is 8.49. The molecule has 0 heterocycles. The summed E-state index contributed by atoms with van der Waals surface area (Å²) in [5, 5.41) is 3.30. The van der Waals surface area contributed by atoms with Crippen molar-refractivity contribution in [2.75, 3.05) is 27.7 Å². The van der Waals surface area contributed by atoms with Gasteiger partial charge in [-0.2, -0.15) is 8.78 Å². The van der Waals surface area contributed by atoms with Crippen molar-refractivity contribution in [3.63, 3.8) is 0 Å². The lowest BCUT2D eigenvalue weighted by molar-refractivity contribution is -0.127. The summed E-state index contributed by atoms with van der Waals surface area (Å²) in [7, 11) is 5.23. The van der Waals surface area contributed by atoms with Crippen LogP contribution < -0.4 is 10.1 Å². The number of nitrogens with one attached hydrogen (secondary N) is 1. The van der Waals surface area contributed by atoms with Crippen LogP contribution in [0.1, 0.15) is 25.8 Å². The Kier molecular flexibility index (Phi) is 11.9. The largest absolute Gasteiger partial charge is 0.435 e. The van der Waals surface area contributed by atoms with Crippen LogP contribution in [0.25, 0.3) is 0 Å². The van der Waals surface area contributed by atoms with Crippen molar-refractivity contribution in [2.24, 2.45) is 4.99 Å². The molecule has 1 amide bonds. The average Bonchev–Trinajstić information content (AvgIpc) is 2.58. The first-order chi connectivity index (χ1) is 12.2. The van der Waals surface area contributed by atoms with Gasteiger partial charge in [0.15, 0.2) is 5.96 Å². The van der Waals surface area contributed by atoms with Crippen molar-refractivity contribution in [3.05, 3.63) is 29.8 Å². The van der Waals surface area contributed by atoms with Gasteiger partial charge in [0.2, 0.25) is 5.91 Å². The molecule has 0 aromatic heterocycles. The van der Waals surface area contributed by atoms with Gasteiger partial charge in [0, 0.05) is 33.7 Å². The number of halogens is 3. The van der Waals surface area contributed by atoms with Crippen molar-refractivity contribution < 1.29 is 18.3 Å². The number of carbonyl (C=O) groups excluding carboxylic acids is 1. The number of amides is 1. The van der Waals surface area contributed by atoms with E-state index in [0.717, 1.165) is 12.0 Å². The van der Waals surface area contributed by atoms with Gasteiger partial charge in [0.05, 0.1) is 0 Å². The fraction of sp³-hybridized carbons (Fsp3) is 0.556. The van der Waals surface area contributed by atoms with E-state index in [-0.39, 0.29) is 48.2 Å². The molecule has 0 spiro atoms. The molecule has 0 fully saturated rings. The fourth-order valence-corrected chi connectivity index (χ4v) is 2.01. The summed E-state index contributed by atoms with van der Waals surface area (Å²) in [5.74, 6) is 0.646. The topological polar surface area (TPSA) is 57.2 Å². The number of hydrogen-bond acceptors (Lipinski definition) is 3. The van der Waals surface area contributed by atoms with Crippen molar-refractivity contribution in [3.8, 4) is 5.75 Å². The molecule has 1 unspecified atom stereocenters. The molecule has 0 bridgehead atoms. The molecule has 6 nitrogen and oxygen atoms in total. The zero-order chi connectivity index (χ0) is 19.7. The third-order valence-corrected chi connectivity index (χ3v) is 3.78. The Balaban J connectivity index is 0.00000676. The van der Waals surface area contributed by atoms with Gasteiger partial charge in [0.25, 0.3) is 0 Å². The molecule has 0 saturated heterocycles. The van der Waals surface area contributed by atoms with Crippen LogP contribution in [0.4, 0.5) is 8.78 Å². The Bertz CT molecular complexity index is 598. The molecule has 1 rings (SSSR count). The van der Waals surface area contributed by atoms with Crippen LogP contribution in [0.2, 0.25) is 0 Å². The maximum absolute atomic E-state index is 12.2. The Morgan fingerprint density at radius 1 is 1.22 bits per heavy atom. The van der Waals surface area contributed by atoms with E-state index in [0.29, 0.717) is 12.5 Å². The monoisotopic (exact) mass is 498 g/mol. The van der Waals surface area contributed by atoms with Gasteiger partial charge in [-0.15, -0.1) is 24.0 Å². The van der Waals surface area contributed by atoms with Gasteiger partial charge in [-0.1, -0.05) is 19.1 Å². The van der Waals surface area contributed by atoms with E-state index in [1.165, 1.54) is 17.0 Å². The molecule has 27 heavy (non-hydrogen) atoms. The summed E-state index contributed by atoms with van der Waals surface area (Å²) in [4.78, 5) is 19.6. The number of rotatable bonds is 8. The van der Waals surface area contributed by atoms with Gasteiger partial charge < -0.3 is 19.9 Å². The van der Waals surface area contributed by atoms with Crippen LogP contribution in [-0.2, 0) is 11.3 Å². The molecule has 0 aliphatic heterocycles. The predicted octanol–water partition coefficient (Wildman–Crippen LogP) is 3.17. The second-order valence-electron chi connectivity index (χ2n) is 6.26. The number of aliphatic imine (C=N–C) groups is 1. The zero-order valence-electron chi connectivity index (χ0n) is 16.4.